The highest BCUT2D eigenvalue weighted by Gasteiger charge is 2.29. The quantitative estimate of drug-likeness (QED) is 0.0573. The Morgan fingerprint density at radius 1 is 0.673 bits per heavy atom. The summed E-state index contributed by atoms with van der Waals surface area (Å²) in [5, 5.41) is 12.6. The Balaban J connectivity index is 0.000000204. The van der Waals surface area contributed by atoms with Crippen molar-refractivity contribution in [2.45, 2.75) is 60.4 Å². The molecule has 2 saturated carbocycles. The Bertz CT molecular complexity index is 2270. The lowest BCUT2D eigenvalue weighted by atomic mass is 10.1. The number of nitrogens with two attached hydrogens (primary N) is 3. The van der Waals surface area contributed by atoms with Gasteiger partial charge in [0.2, 0.25) is 26.0 Å². The molecule has 0 saturated heterocycles. The number of carbonyl (C=O) groups is 2. The van der Waals surface area contributed by atoms with E-state index in [0.717, 1.165) is 25.7 Å². The van der Waals surface area contributed by atoms with Crippen molar-refractivity contribution in [3.8, 4) is 0 Å². The van der Waals surface area contributed by atoms with Crippen LogP contribution in [0.5, 0.6) is 0 Å². The zero-order valence-corrected chi connectivity index (χ0v) is 36.2. The number of carboxylic acid groups (broad SMARTS) is 1. The van der Waals surface area contributed by atoms with Gasteiger partial charge >= 0.3 is 5.97 Å². The molecule has 0 aliphatic heterocycles. The molecular weight excluding hydrogens is 970 g/mol. The van der Waals surface area contributed by atoms with Gasteiger partial charge < -0.3 is 27.6 Å². The smallest absolute Gasteiger partial charge is 0.307 e. The van der Waals surface area contributed by atoms with Crippen LogP contribution in [0.3, 0.4) is 0 Å². The van der Waals surface area contributed by atoms with E-state index in [2.05, 4.69) is 46.6 Å². The van der Waals surface area contributed by atoms with E-state index in [1.165, 1.54) is 42.5 Å². The minimum Gasteiger partial charge on any atom is -0.481 e. The number of halogens is 6. The number of amides is 1. The van der Waals surface area contributed by atoms with Crippen LogP contribution in [0.25, 0.3) is 0 Å². The molecule has 0 heterocycles. The molecule has 2 fully saturated rings. The summed E-state index contributed by atoms with van der Waals surface area (Å²) in [5.74, 6) is -1.26. The molecule has 1 amide bonds. The normalized spacial score (nSPS) is 13.9. The van der Waals surface area contributed by atoms with E-state index in [1.54, 1.807) is 18.2 Å². The fourth-order valence-electron chi connectivity index (χ4n) is 4.44. The lowest BCUT2D eigenvalue weighted by molar-refractivity contribution is -0.136. The number of carbonyl (C=O) groups excluding carboxylic acids is 1. The molecule has 6 rings (SSSR count). The lowest BCUT2D eigenvalue weighted by Gasteiger charge is -2.12. The molecular formula is C34H34Br2Cl4N6O7S2. The van der Waals surface area contributed by atoms with Gasteiger partial charge in [-0.1, -0.05) is 70.7 Å². The molecule has 0 bridgehead atoms. The monoisotopic (exact) mass is 1000 g/mol. The average molecular weight is 1000 g/mol. The van der Waals surface area contributed by atoms with Gasteiger partial charge in [0.25, 0.3) is 0 Å². The number of benzene rings is 4. The molecule has 4 aromatic carbocycles. The Hall–Kier alpha value is -2.84. The molecule has 2 aliphatic rings. The standard InChI is InChI=1S/C17H16BrCl2N3O3S.C11H13NO4S.C6H5BrCl2N2/c18-15-12(19)8-13(17(21)16(15)20)22-14(24)7-9-1-5-11(6-2-9)27(25,26)23-10-3-4-10;13-11(14)7-8-1-5-10(6-2-8)17(15,16)12-9-3-4-9;7-4-2(8)1-3(10)6(11)5(4)9/h1-2,5-6,8,10,23H,3-4,7,21H2,(H,22,24);1-2,5-6,9,12H,3-4,7H2,(H,13,14);1H,10-11H2. The molecule has 2 aliphatic carbocycles. The van der Waals surface area contributed by atoms with E-state index < -0.39 is 26.0 Å². The van der Waals surface area contributed by atoms with Crippen molar-refractivity contribution in [1.82, 2.24) is 9.44 Å². The fourth-order valence-corrected chi connectivity index (χ4v) is 8.64. The number of hydrogen-bond acceptors (Lipinski definition) is 9. The van der Waals surface area contributed by atoms with Gasteiger partial charge in [-0.2, -0.15) is 0 Å². The third-order valence-corrected chi connectivity index (χ3v) is 14.7. The van der Waals surface area contributed by atoms with E-state index in [1.807, 2.05) is 0 Å². The first-order valence-electron chi connectivity index (χ1n) is 16.0. The van der Waals surface area contributed by atoms with Gasteiger partial charge in [0, 0.05) is 12.1 Å². The van der Waals surface area contributed by atoms with Gasteiger partial charge in [-0.05, 0) is 105 Å². The predicted octanol–water partition coefficient (Wildman–Crippen LogP) is 7.63. The van der Waals surface area contributed by atoms with Crippen molar-refractivity contribution >= 4 is 133 Å². The summed E-state index contributed by atoms with van der Waals surface area (Å²) in [4.78, 5) is 23.1. The summed E-state index contributed by atoms with van der Waals surface area (Å²) in [6, 6.07) is 15.2. The second-order valence-corrected chi connectivity index (χ2v) is 18.9. The SMILES string of the molecule is Nc1c(NC(=O)Cc2ccc(S(=O)(=O)NC3CC3)cc2)cc(Cl)c(Br)c1Cl.Nc1cc(Cl)c(Br)c(Cl)c1N.O=C(O)Cc1ccc(S(=O)(=O)NC2CC2)cc1. The van der Waals surface area contributed by atoms with Crippen LogP contribution in [0.4, 0.5) is 22.7 Å². The maximum absolute atomic E-state index is 12.3. The zero-order valence-electron chi connectivity index (χ0n) is 28.4. The molecule has 21 heteroatoms. The number of carboxylic acids is 1. The van der Waals surface area contributed by atoms with E-state index >= 15 is 0 Å². The number of hydrogen-bond donors (Lipinski definition) is 7. The lowest BCUT2D eigenvalue weighted by Crippen LogP contribution is -2.25. The van der Waals surface area contributed by atoms with E-state index in [0.29, 0.717) is 52.2 Å². The topological polar surface area (TPSA) is 237 Å². The Morgan fingerprint density at radius 3 is 1.49 bits per heavy atom. The maximum atomic E-state index is 12.3. The van der Waals surface area contributed by atoms with E-state index in [4.69, 9.17) is 68.7 Å². The minimum atomic E-state index is -3.51. The first kappa shape index (κ1) is 44.9. The number of sulfonamides is 2. The Labute approximate surface area is 355 Å². The number of rotatable bonds is 11. The summed E-state index contributed by atoms with van der Waals surface area (Å²) in [7, 11) is -6.95. The largest absolute Gasteiger partial charge is 0.481 e. The van der Waals surface area contributed by atoms with Crippen LogP contribution < -0.4 is 32.0 Å². The van der Waals surface area contributed by atoms with Gasteiger partial charge in [-0.3, -0.25) is 9.59 Å². The summed E-state index contributed by atoms with van der Waals surface area (Å²) >= 11 is 30.0. The summed E-state index contributed by atoms with van der Waals surface area (Å²) < 4.78 is 54.1. The molecule has 296 valence electrons. The maximum Gasteiger partial charge on any atom is 0.307 e. The number of aliphatic carboxylic acids is 1. The van der Waals surface area contributed by atoms with Gasteiger partial charge in [0.15, 0.2) is 0 Å². The third-order valence-electron chi connectivity index (χ3n) is 7.69. The van der Waals surface area contributed by atoms with Crippen molar-refractivity contribution in [2.24, 2.45) is 0 Å². The molecule has 0 atom stereocenters. The van der Waals surface area contributed by atoms with Crippen LogP contribution in [0.1, 0.15) is 36.8 Å². The molecule has 55 heavy (non-hydrogen) atoms. The van der Waals surface area contributed by atoms with Gasteiger partial charge in [0.05, 0.1) is 74.4 Å². The van der Waals surface area contributed by atoms with Crippen molar-refractivity contribution < 1.29 is 31.5 Å². The molecule has 0 radical (unpaired) electrons. The van der Waals surface area contributed by atoms with Crippen molar-refractivity contribution in [3.63, 3.8) is 0 Å². The number of anilines is 4. The van der Waals surface area contributed by atoms with Crippen molar-refractivity contribution in [1.29, 1.82) is 0 Å². The molecule has 0 aromatic heterocycles. The predicted molar refractivity (Wildman–Crippen MR) is 225 cm³/mol. The highest BCUT2D eigenvalue weighted by atomic mass is 79.9. The molecule has 0 spiro atoms. The fraction of sp³-hybridized carbons (Fsp3) is 0.235. The average Bonchev–Trinajstić information content (AvgIpc) is 4.07. The molecule has 4 aromatic rings. The first-order chi connectivity index (χ1) is 25.7. The van der Waals surface area contributed by atoms with Crippen molar-refractivity contribution in [3.05, 3.63) is 101 Å². The molecule has 13 nitrogen and oxygen atoms in total. The Kier molecular flexibility index (Phi) is 15.6. The minimum absolute atomic E-state index is 0.0375. The van der Waals surface area contributed by atoms with Crippen LogP contribution in [0.15, 0.2) is 79.4 Å². The van der Waals surface area contributed by atoms with Crippen LogP contribution in [-0.2, 0) is 42.5 Å². The highest BCUT2D eigenvalue weighted by molar-refractivity contribution is 9.11. The van der Waals surface area contributed by atoms with E-state index in [-0.39, 0.29) is 51.3 Å². The molecule has 0 unspecified atom stereocenters. The highest BCUT2D eigenvalue weighted by Crippen LogP contribution is 2.40. The summed E-state index contributed by atoms with van der Waals surface area (Å²) in [5.41, 5.74) is 19.4. The number of nitrogen functional groups attached to an aromatic ring is 3. The van der Waals surface area contributed by atoms with Crippen LogP contribution >= 0.6 is 78.3 Å². The third kappa shape index (κ3) is 13.1. The van der Waals surface area contributed by atoms with Gasteiger partial charge in [-0.25, -0.2) is 26.3 Å². The first-order valence-corrected chi connectivity index (χ1v) is 22.1. The second kappa shape index (κ2) is 19.1. The summed E-state index contributed by atoms with van der Waals surface area (Å²) in [6.07, 6.45) is 3.44. The van der Waals surface area contributed by atoms with Crippen LogP contribution in [0, 0.1) is 0 Å². The van der Waals surface area contributed by atoms with Crippen molar-refractivity contribution in [2.75, 3.05) is 22.5 Å². The zero-order chi connectivity index (χ0) is 40.8. The molecule has 10 N–H and O–H groups in total. The van der Waals surface area contributed by atoms with Gasteiger partial charge in [0.1, 0.15) is 0 Å². The van der Waals surface area contributed by atoms with Crippen LogP contribution in [0.2, 0.25) is 20.1 Å². The second-order valence-electron chi connectivity index (χ2n) is 12.3. The van der Waals surface area contributed by atoms with E-state index in [9.17, 15) is 26.4 Å². The van der Waals surface area contributed by atoms with Crippen LogP contribution in [-0.4, -0.2) is 45.9 Å². The number of nitrogens with one attached hydrogen (secondary N) is 3. The Morgan fingerprint density at radius 2 is 1.07 bits per heavy atom. The van der Waals surface area contributed by atoms with Gasteiger partial charge in [-0.15, -0.1) is 0 Å². The summed E-state index contributed by atoms with van der Waals surface area (Å²) in [6.45, 7) is 0.